The third-order valence-electron chi connectivity index (χ3n) is 6.05. The first kappa shape index (κ1) is 26.0. The first-order valence-electron chi connectivity index (χ1n) is 12.0. The van der Waals surface area contributed by atoms with Crippen LogP contribution in [0.2, 0.25) is 0 Å². The van der Waals surface area contributed by atoms with Crippen molar-refractivity contribution in [3.63, 3.8) is 0 Å². The average Bonchev–Trinajstić information content (AvgIpc) is 2.92. The lowest BCUT2D eigenvalue weighted by molar-refractivity contribution is -0.313. The Morgan fingerprint density at radius 2 is 1.33 bits per heavy atom. The molecule has 1 aliphatic rings. The molecular weight excluding hydrogens is 460 g/mol. The molecule has 3 aromatic rings. The molecule has 1 N–H and O–H groups in total. The third-order valence-corrected chi connectivity index (χ3v) is 6.05. The molecule has 7 heteroatoms. The summed E-state index contributed by atoms with van der Waals surface area (Å²) in [5.74, 6) is -3.06. The highest BCUT2D eigenvalue weighted by atomic mass is 16.7. The molecule has 1 saturated heterocycles. The molecule has 190 valence electrons. The average molecular weight is 493 g/mol. The van der Waals surface area contributed by atoms with Crippen LogP contribution in [0.25, 0.3) is 0 Å². The van der Waals surface area contributed by atoms with Crippen molar-refractivity contribution >= 4 is 5.97 Å². The zero-order chi connectivity index (χ0) is 25.2. The van der Waals surface area contributed by atoms with Gasteiger partial charge in [0.2, 0.25) is 0 Å². The molecule has 3 aromatic carbocycles. The van der Waals surface area contributed by atoms with Crippen molar-refractivity contribution in [3.05, 3.63) is 108 Å². The second kappa shape index (κ2) is 12.8. The summed E-state index contributed by atoms with van der Waals surface area (Å²) < 4.78 is 29.2. The lowest BCUT2D eigenvalue weighted by Crippen LogP contribution is -2.60. The Hall–Kier alpha value is -3.07. The van der Waals surface area contributed by atoms with Gasteiger partial charge in [-0.05, 0) is 16.7 Å². The van der Waals surface area contributed by atoms with Gasteiger partial charge in [0, 0.05) is 6.42 Å². The number of carbonyl (C=O) groups is 1. The molecule has 0 aromatic heterocycles. The number of hydrogen-bond donors (Lipinski definition) is 1. The van der Waals surface area contributed by atoms with Gasteiger partial charge in [-0.15, -0.1) is 0 Å². The van der Waals surface area contributed by atoms with Crippen molar-refractivity contribution in [3.8, 4) is 0 Å². The van der Waals surface area contributed by atoms with E-state index in [9.17, 15) is 9.90 Å². The Morgan fingerprint density at radius 1 is 0.833 bits per heavy atom. The number of hydrogen-bond acceptors (Lipinski definition) is 7. The maximum atomic E-state index is 12.5. The predicted molar refractivity (Wildman–Crippen MR) is 133 cm³/mol. The highest BCUT2D eigenvalue weighted by Gasteiger charge is 2.53. The van der Waals surface area contributed by atoms with E-state index in [2.05, 4.69) is 0 Å². The molecule has 1 aliphatic heterocycles. The topological polar surface area (TPSA) is 83.5 Å². The summed E-state index contributed by atoms with van der Waals surface area (Å²) in [4.78, 5) is 12.5. The minimum absolute atomic E-state index is 0.0822. The SMILES string of the molecule is COC(=O)C1(O)C[C@@H](OCc2ccccc2)[C@H](OCc2ccccc2)C(COCc2ccccc2)O1. The van der Waals surface area contributed by atoms with Crippen LogP contribution in [-0.2, 0) is 48.3 Å². The van der Waals surface area contributed by atoms with E-state index in [1.54, 1.807) is 0 Å². The molecule has 36 heavy (non-hydrogen) atoms. The van der Waals surface area contributed by atoms with Gasteiger partial charge in [-0.25, -0.2) is 4.79 Å². The van der Waals surface area contributed by atoms with E-state index < -0.39 is 30.1 Å². The normalized spacial score (nSPS) is 23.8. The molecule has 7 nitrogen and oxygen atoms in total. The van der Waals surface area contributed by atoms with Gasteiger partial charge >= 0.3 is 5.97 Å². The summed E-state index contributed by atoms with van der Waals surface area (Å²) >= 11 is 0. The van der Waals surface area contributed by atoms with Gasteiger partial charge in [0.05, 0.1) is 39.6 Å². The number of aliphatic hydroxyl groups is 1. The van der Waals surface area contributed by atoms with E-state index in [1.807, 2.05) is 91.0 Å². The predicted octanol–water partition coefficient (Wildman–Crippen LogP) is 4.02. The highest BCUT2D eigenvalue weighted by molar-refractivity contribution is 5.77. The van der Waals surface area contributed by atoms with E-state index in [1.165, 1.54) is 7.11 Å². The molecule has 1 heterocycles. The van der Waals surface area contributed by atoms with Crippen LogP contribution in [0.4, 0.5) is 0 Å². The zero-order valence-corrected chi connectivity index (χ0v) is 20.3. The van der Waals surface area contributed by atoms with Crippen molar-refractivity contribution in [2.24, 2.45) is 0 Å². The Balaban J connectivity index is 1.53. The van der Waals surface area contributed by atoms with Crippen molar-refractivity contribution < 1.29 is 33.6 Å². The molecule has 2 unspecified atom stereocenters. The lowest BCUT2D eigenvalue weighted by atomic mass is 9.95. The van der Waals surface area contributed by atoms with Gasteiger partial charge in [-0.2, -0.15) is 0 Å². The second-order valence-corrected chi connectivity index (χ2v) is 8.73. The van der Waals surface area contributed by atoms with Crippen molar-refractivity contribution in [1.82, 2.24) is 0 Å². The maximum Gasteiger partial charge on any atom is 0.366 e. The molecule has 0 radical (unpaired) electrons. The van der Waals surface area contributed by atoms with Crippen molar-refractivity contribution in [1.29, 1.82) is 0 Å². The zero-order valence-electron chi connectivity index (χ0n) is 20.3. The smallest absolute Gasteiger partial charge is 0.366 e. The summed E-state index contributed by atoms with van der Waals surface area (Å²) in [6.45, 7) is 1.02. The summed E-state index contributed by atoms with van der Waals surface area (Å²) in [6, 6.07) is 29.2. The molecule has 4 atom stereocenters. The molecule has 0 amide bonds. The number of carbonyl (C=O) groups excluding carboxylic acids is 1. The first-order chi connectivity index (χ1) is 17.6. The lowest BCUT2D eigenvalue weighted by Gasteiger charge is -2.44. The molecule has 1 fully saturated rings. The van der Waals surface area contributed by atoms with Gasteiger partial charge in [0.15, 0.2) is 0 Å². The molecule has 0 aliphatic carbocycles. The van der Waals surface area contributed by atoms with Crippen LogP contribution in [0.3, 0.4) is 0 Å². The Kier molecular flexibility index (Phi) is 9.22. The number of esters is 1. The standard InChI is InChI=1S/C29H32O7/c1-32-28(30)29(31)17-25(34-19-23-13-7-3-8-14-23)27(35-20-24-15-9-4-10-16-24)26(36-29)21-33-18-22-11-5-2-6-12-22/h2-16,25-27,31H,17-21H2,1H3/t25-,26?,27+,29?/m1/s1. The molecular formula is C29H32O7. The quantitative estimate of drug-likeness (QED) is 0.405. The van der Waals surface area contributed by atoms with Crippen molar-refractivity contribution in [2.45, 2.75) is 50.3 Å². The monoisotopic (exact) mass is 492 g/mol. The van der Waals surface area contributed by atoms with E-state index in [0.29, 0.717) is 13.2 Å². The molecule has 0 bridgehead atoms. The molecule has 0 saturated carbocycles. The van der Waals surface area contributed by atoms with Gasteiger partial charge in [0.1, 0.15) is 12.2 Å². The largest absolute Gasteiger partial charge is 0.465 e. The van der Waals surface area contributed by atoms with E-state index in [-0.39, 0.29) is 19.6 Å². The number of methoxy groups -OCH3 is 1. The van der Waals surface area contributed by atoms with Crippen LogP contribution in [0.15, 0.2) is 91.0 Å². The van der Waals surface area contributed by atoms with E-state index in [4.69, 9.17) is 23.7 Å². The van der Waals surface area contributed by atoms with Gasteiger partial charge < -0.3 is 28.8 Å². The van der Waals surface area contributed by atoms with E-state index >= 15 is 0 Å². The van der Waals surface area contributed by atoms with Crippen LogP contribution in [0, 0.1) is 0 Å². The molecule has 0 spiro atoms. The summed E-state index contributed by atoms with van der Waals surface area (Å²) in [5, 5.41) is 11.1. The van der Waals surface area contributed by atoms with Crippen LogP contribution in [-0.4, -0.2) is 48.9 Å². The fourth-order valence-corrected chi connectivity index (χ4v) is 4.19. The second-order valence-electron chi connectivity index (χ2n) is 8.73. The number of benzene rings is 3. The van der Waals surface area contributed by atoms with Gasteiger partial charge in [0.25, 0.3) is 5.79 Å². The third kappa shape index (κ3) is 7.00. The number of ether oxygens (including phenoxy) is 5. The van der Waals surface area contributed by atoms with Gasteiger partial charge in [-0.3, -0.25) is 0 Å². The Morgan fingerprint density at radius 3 is 1.86 bits per heavy atom. The minimum Gasteiger partial charge on any atom is -0.465 e. The van der Waals surface area contributed by atoms with Crippen LogP contribution in [0.5, 0.6) is 0 Å². The minimum atomic E-state index is -2.18. The van der Waals surface area contributed by atoms with Crippen molar-refractivity contribution in [2.75, 3.05) is 13.7 Å². The highest BCUT2D eigenvalue weighted by Crippen LogP contribution is 2.33. The van der Waals surface area contributed by atoms with Gasteiger partial charge in [-0.1, -0.05) is 91.0 Å². The Labute approximate surface area is 211 Å². The first-order valence-corrected chi connectivity index (χ1v) is 12.0. The molecule has 4 rings (SSSR count). The van der Waals surface area contributed by atoms with E-state index in [0.717, 1.165) is 16.7 Å². The summed E-state index contributed by atoms with van der Waals surface area (Å²) in [5.41, 5.74) is 2.94. The maximum absolute atomic E-state index is 12.5. The fourth-order valence-electron chi connectivity index (χ4n) is 4.19. The van der Waals surface area contributed by atoms with Crippen LogP contribution in [0.1, 0.15) is 23.1 Å². The van der Waals surface area contributed by atoms with Crippen LogP contribution < -0.4 is 0 Å². The fraction of sp³-hybridized carbons (Fsp3) is 0.345. The summed E-state index contributed by atoms with van der Waals surface area (Å²) in [6.07, 6.45) is -2.18. The summed E-state index contributed by atoms with van der Waals surface area (Å²) in [7, 11) is 1.21. The number of rotatable bonds is 11. The Bertz CT molecular complexity index is 1060. The van der Waals surface area contributed by atoms with Crippen LogP contribution >= 0.6 is 0 Å².